The van der Waals surface area contributed by atoms with Crippen LogP contribution in [0.15, 0.2) is 24.3 Å². The molecule has 0 aromatic heterocycles. The fraction of sp³-hybridized carbons (Fsp3) is 0.455. The summed E-state index contributed by atoms with van der Waals surface area (Å²) in [6.45, 7) is 1.19. The van der Waals surface area contributed by atoms with Crippen LogP contribution in [-0.2, 0) is 9.47 Å². The number of ether oxygens (including phenoxy) is 2. The Balaban J connectivity index is 2.09. The third-order valence-corrected chi connectivity index (χ3v) is 2.54. The van der Waals surface area contributed by atoms with E-state index >= 15 is 0 Å². The molecule has 1 heterocycles. The number of nitrogens with two attached hydrogens (primary N) is 1. The summed E-state index contributed by atoms with van der Waals surface area (Å²) >= 11 is 0. The molecule has 1 saturated heterocycles. The number of aliphatic hydroxyl groups is 1. The fourth-order valence-corrected chi connectivity index (χ4v) is 1.59. The summed E-state index contributed by atoms with van der Waals surface area (Å²) in [6.07, 6.45) is -0.561. The van der Waals surface area contributed by atoms with Gasteiger partial charge < -0.3 is 20.3 Å². The number of rotatable bonds is 3. The first-order chi connectivity index (χ1) is 7.31. The van der Waals surface area contributed by atoms with Crippen molar-refractivity contribution in [2.45, 2.75) is 12.2 Å². The first-order valence-corrected chi connectivity index (χ1v) is 4.98. The lowest BCUT2D eigenvalue weighted by Crippen LogP contribution is -2.11. The van der Waals surface area contributed by atoms with E-state index < -0.39 is 6.10 Å². The Morgan fingerprint density at radius 3 is 2.67 bits per heavy atom. The van der Waals surface area contributed by atoms with Gasteiger partial charge in [0.2, 0.25) is 0 Å². The molecule has 4 heteroatoms. The van der Waals surface area contributed by atoms with Crippen LogP contribution in [-0.4, -0.2) is 25.1 Å². The number of aliphatic hydroxyl groups excluding tert-OH is 1. The van der Waals surface area contributed by atoms with Crippen LogP contribution >= 0.6 is 0 Å². The van der Waals surface area contributed by atoms with Gasteiger partial charge >= 0.3 is 0 Å². The highest BCUT2D eigenvalue weighted by molar-refractivity contribution is 5.26. The molecule has 0 radical (unpaired) electrons. The highest BCUT2D eigenvalue weighted by atomic mass is 16.7. The van der Waals surface area contributed by atoms with E-state index in [0.29, 0.717) is 13.4 Å². The molecular weight excluding hydrogens is 194 g/mol. The Morgan fingerprint density at radius 2 is 2.13 bits per heavy atom. The van der Waals surface area contributed by atoms with Crippen molar-refractivity contribution in [1.29, 1.82) is 0 Å². The Hall–Kier alpha value is -0.940. The predicted octanol–water partition coefficient (Wildman–Crippen LogP) is 0.724. The lowest BCUT2D eigenvalue weighted by Gasteiger charge is -2.11. The largest absolute Gasteiger partial charge is 0.387 e. The fourth-order valence-electron chi connectivity index (χ4n) is 1.59. The summed E-state index contributed by atoms with van der Waals surface area (Å²) in [5, 5.41) is 9.50. The van der Waals surface area contributed by atoms with Crippen LogP contribution in [0.4, 0.5) is 0 Å². The summed E-state index contributed by atoms with van der Waals surface area (Å²) in [5.41, 5.74) is 7.27. The molecule has 1 aliphatic rings. The average Bonchev–Trinajstić information content (AvgIpc) is 2.82. The van der Waals surface area contributed by atoms with Gasteiger partial charge in [-0.15, -0.1) is 0 Å². The third-order valence-electron chi connectivity index (χ3n) is 2.54. The molecule has 1 fully saturated rings. The van der Waals surface area contributed by atoms with Crippen molar-refractivity contribution >= 4 is 0 Å². The van der Waals surface area contributed by atoms with Gasteiger partial charge in [-0.3, -0.25) is 0 Å². The van der Waals surface area contributed by atoms with Crippen LogP contribution in [0, 0.1) is 0 Å². The smallest absolute Gasteiger partial charge is 0.147 e. The molecule has 1 aromatic rings. The quantitative estimate of drug-likeness (QED) is 0.770. The van der Waals surface area contributed by atoms with E-state index in [4.69, 9.17) is 15.2 Å². The minimum Gasteiger partial charge on any atom is -0.387 e. The zero-order valence-corrected chi connectivity index (χ0v) is 8.43. The van der Waals surface area contributed by atoms with Gasteiger partial charge in [-0.05, 0) is 11.1 Å². The molecule has 0 saturated carbocycles. The number of hydrogen-bond donors (Lipinski definition) is 2. The molecule has 2 rings (SSSR count). The first kappa shape index (κ1) is 10.6. The average molecular weight is 209 g/mol. The lowest BCUT2D eigenvalue weighted by molar-refractivity contribution is 0.0465. The molecule has 0 aliphatic carbocycles. The molecule has 15 heavy (non-hydrogen) atoms. The van der Waals surface area contributed by atoms with Gasteiger partial charge in [-0.2, -0.15) is 0 Å². The molecule has 3 N–H and O–H groups in total. The minimum absolute atomic E-state index is 0.0223. The highest BCUT2D eigenvalue weighted by Crippen LogP contribution is 2.23. The molecule has 0 spiro atoms. The molecule has 4 nitrogen and oxygen atoms in total. The monoisotopic (exact) mass is 209 g/mol. The SMILES string of the molecule is NCC(O)c1ccc(C2COCO2)cc1. The van der Waals surface area contributed by atoms with Gasteiger partial charge in [-0.1, -0.05) is 24.3 Å². The first-order valence-electron chi connectivity index (χ1n) is 4.98. The van der Waals surface area contributed by atoms with Gasteiger partial charge in [0.25, 0.3) is 0 Å². The predicted molar refractivity (Wildman–Crippen MR) is 55.1 cm³/mol. The van der Waals surface area contributed by atoms with E-state index in [1.54, 1.807) is 0 Å². The van der Waals surface area contributed by atoms with Crippen LogP contribution < -0.4 is 5.73 Å². The van der Waals surface area contributed by atoms with Gasteiger partial charge in [0.1, 0.15) is 12.9 Å². The Morgan fingerprint density at radius 1 is 1.40 bits per heavy atom. The van der Waals surface area contributed by atoms with E-state index in [-0.39, 0.29) is 12.6 Å². The van der Waals surface area contributed by atoms with Gasteiger partial charge in [0.05, 0.1) is 12.7 Å². The maximum absolute atomic E-state index is 9.50. The van der Waals surface area contributed by atoms with Crippen molar-refractivity contribution in [2.75, 3.05) is 19.9 Å². The van der Waals surface area contributed by atoms with Crippen LogP contribution in [0.5, 0.6) is 0 Å². The van der Waals surface area contributed by atoms with Crippen molar-refractivity contribution in [3.05, 3.63) is 35.4 Å². The summed E-state index contributed by atoms with van der Waals surface area (Å²) < 4.78 is 10.5. The summed E-state index contributed by atoms with van der Waals surface area (Å²) in [4.78, 5) is 0. The Kier molecular flexibility index (Phi) is 3.33. The molecule has 0 amide bonds. The third kappa shape index (κ3) is 2.35. The van der Waals surface area contributed by atoms with Crippen molar-refractivity contribution < 1.29 is 14.6 Å². The molecular formula is C11H15NO3. The topological polar surface area (TPSA) is 64.7 Å². The highest BCUT2D eigenvalue weighted by Gasteiger charge is 2.18. The molecule has 82 valence electrons. The van der Waals surface area contributed by atoms with E-state index in [1.807, 2.05) is 24.3 Å². The maximum Gasteiger partial charge on any atom is 0.147 e. The van der Waals surface area contributed by atoms with Crippen LogP contribution in [0.2, 0.25) is 0 Å². The van der Waals surface area contributed by atoms with E-state index in [1.165, 1.54) is 0 Å². The molecule has 1 aliphatic heterocycles. The Labute approximate surface area is 88.6 Å². The van der Waals surface area contributed by atoms with Crippen LogP contribution in [0.25, 0.3) is 0 Å². The number of hydrogen-bond acceptors (Lipinski definition) is 4. The normalized spacial score (nSPS) is 22.9. The standard InChI is InChI=1S/C11H15NO3/c12-5-10(13)8-1-3-9(4-2-8)11-6-14-7-15-11/h1-4,10-11,13H,5-7,12H2. The second-order valence-corrected chi connectivity index (χ2v) is 3.56. The van der Waals surface area contributed by atoms with Gasteiger partial charge in [0, 0.05) is 6.54 Å². The minimum atomic E-state index is -0.584. The summed E-state index contributed by atoms with van der Waals surface area (Å²) in [6, 6.07) is 7.62. The zero-order chi connectivity index (χ0) is 10.7. The van der Waals surface area contributed by atoms with Crippen molar-refractivity contribution in [3.63, 3.8) is 0 Å². The van der Waals surface area contributed by atoms with Crippen molar-refractivity contribution in [3.8, 4) is 0 Å². The Bertz CT molecular complexity index is 306. The maximum atomic E-state index is 9.50. The molecule has 2 atom stereocenters. The van der Waals surface area contributed by atoms with Crippen molar-refractivity contribution in [1.82, 2.24) is 0 Å². The molecule has 2 unspecified atom stereocenters. The summed E-state index contributed by atoms with van der Waals surface area (Å²) in [7, 11) is 0. The van der Waals surface area contributed by atoms with E-state index in [2.05, 4.69) is 0 Å². The van der Waals surface area contributed by atoms with E-state index in [0.717, 1.165) is 11.1 Å². The molecule has 1 aromatic carbocycles. The summed E-state index contributed by atoms with van der Waals surface area (Å²) in [5.74, 6) is 0. The zero-order valence-electron chi connectivity index (χ0n) is 8.43. The number of benzene rings is 1. The van der Waals surface area contributed by atoms with Gasteiger partial charge in [0.15, 0.2) is 0 Å². The van der Waals surface area contributed by atoms with Gasteiger partial charge in [-0.25, -0.2) is 0 Å². The van der Waals surface area contributed by atoms with Crippen LogP contribution in [0.1, 0.15) is 23.3 Å². The van der Waals surface area contributed by atoms with Crippen LogP contribution in [0.3, 0.4) is 0 Å². The second kappa shape index (κ2) is 4.72. The second-order valence-electron chi connectivity index (χ2n) is 3.56. The van der Waals surface area contributed by atoms with E-state index in [9.17, 15) is 5.11 Å². The van der Waals surface area contributed by atoms with Crippen molar-refractivity contribution in [2.24, 2.45) is 5.73 Å². The lowest BCUT2D eigenvalue weighted by atomic mass is 10.0. The molecule has 0 bridgehead atoms.